The average Bonchev–Trinajstić information content (AvgIpc) is 2.96. The van der Waals surface area contributed by atoms with Gasteiger partial charge in [-0.15, -0.1) is 24.8 Å². The molecule has 0 spiro atoms. The number of aliphatic hydroxyl groups excluding tert-OH is 1. The monoisotopic (exact) mass is 318 g/mol. The number of aromatic nitrogens is 4. The van der Waals surface area contributed by atoms with Crippen molar-refractivity contribution in [1.29, 1.82) is 0 Å². The van der Waals surface area contributed by atoms with Gasteiger partial charge in [0.2, 0.25) is 0 Å². The highest BCUT2D eigenvalue weighted by Gasteiger charge is 2.04. The molecule has 2 heterocycles. The quantitative estimate of drug-likeness (QED) is 0.694. The summed E-state index contributed by atoms with van der Waals surface area (Å²) in [5.41, 5.74) is 1.78. The van der Waals surface area contributed by atoms with E-state index >= 15 is 0 Å². The molecule has 0 amide bonds. The van der Waals surface area contributed by atoms with Crippen LogP contribution in [-0.2, 0) is 6.61 Å². The van der Waals surface area contributed by atoms with Gasteiger partial charge in [0.25, 0.3) is 0 Å². The molecule has 2 aromatic heterocycles. The molecule has 0 unspecified atom stereocenters. The van der Waals surface area contributed by atoms with Crippen molar-refractivity contribution in [2.45, 2.75) is 16.7 Å². The lowest BCUT2D eigenvalue weighted by Crippen LogP contribution is -1.83. The van der Waals surface area contributed by atoms with Crippen molar-refractivity contribution >= 4 is 47.6 Å². The molecule has 0 bridgehead atoms. The first kappa shape index (κ1) is 15.8. The number of aliphatic hydroxyl groups is 1. The van der Waals surface area contributed by atoms with Crippen LogP contribution in [0.5, 0.6) is 0 Å². The van der Waals surface area contributed by atoms with E-state index in [4.69, 9.17) is 5.11 Å². The Morgan fingerprint density at radius 1 is 1.26 bits per heavy atom. The van der Waals surface area contributed by atoms with Crippen molar-refractivity contribution in [2.24, 2.45) is 0 Å². The number of imidazole rings is 2. The summed E-state index contributed by atoms with van der Waals surface area (Å²) in [6.45, 7) is -0.0741. The molecule has 0 aliphatic carbocycles. The van der Waals surface area contributed by atoms with E-state index in [9.17, 15) is 0 Å². The molecule has 5 nitrogen and oxygen atoms in total. The molecule has 3 aromatic rings. The number of hydrogen-bond donors (Lipinski definition) is 3. The number of rotatable bonds is 3. The molecule has 0 saturated heterocycles. The second kappa shape index (κ2) is 6.81. The van der Waals surface area contributed by atoms with E-state index in [1.165, 1.54) is 0 Å². The van der Waals surface area contributed by atoms with E-state index in [0.29, 0.717) is 5.82 Å². The second-order valence-electron chi connectivity index (χ2n) is 3.52. The highest BCUT2D eigenvalue weighted by molar-refractivity contribution is 7.99. The number of nitrogens with zero attached hydrogens (tertiary/aromatic N) is 2. The lowest BCUT2D eigenvalue weighted by molar-refractivity contribution is 0.273. The highest BCUT2D eigenvalue weighted by atomic mass is 35.5. The van der Waals surface area contributed by atoms with Crippen LogP contribution >= 0.6 is 36.6 Å². The van der Waals surface area contributed by atoms with Crippen molar-refractivity contribution in [1.82, 2.24) is 19.9 Å². The van der Waals surface area contributed by atoms with Crippen LogP contribution in [0.25, 0.3) is 11.0 Å². The average molecular weight is 319 g/mol. The molecule has 0 fully saturated rings. The van der Waals surface area contributed by atoms with Crippen LogP contribution < -0.4 is 0 Å². The van der Waals surface area contributed by atoms with Crippen LogP contribution in [0.3, 0.4) is 0 Å². The fourth-order valence-corrected chi connectivity index (χ4v) is 2.37. The predicted molar refractivity (Wildman–Crippen MR) is 79.2 cm³/mol. The summed E-state index contributed by atoms with van der Waals surface area (Å²) in [6, 6.07) is 5.91. The highest BCUT2D eigenvalue weighted by Crippen LogP contribution is 2.26. The zero-order valence-corrected chi connectivity index (χ0v) is 12.1. The number of aromatic amines is 2. The number of H-pyrrole nitrogens is 2. The maximum Gasteiger partial charge on any atom is 0.170 e. The second-order valence-corrected chi connectivity index (χ2v) is 4.58. The number of halogens is 2. The van der Waals surface area contributed by atoms with Gasteiger partial charge in [-0.05, 0) is 18.2 Å². The van der Waals surface area contributed by atoms with Crippen molar-refractivity contribution in [2.75, 3.05) is 0 Å². The SMILES string of the molecule is Cl.Cl.OCc1nc2ccc(Sc3ncc[nH]3)cc2[nH]1. The van der Waals surface area contributed by atoms with Crippen molar-refractivity contribution < 1.29 is 5.11 Å². The van der Waals surface area contributed by atoms with Gasteiger partial charge in [0, 0.05) is 17.3 Å². The van der Waals surface area contributed by atoms with Crippen molar-refractivity contribution in [3.05, 3.63) is 36.4 Å². The molecule has 102 valence electrons. The van der Waals surface area contributed by atoms with Crippen LogP contribution in [0.2, 0.25) is 0 Å². The fourth-order valence-electron chi connectivity index (χ4n) is 1.60. The van der Waals surface area contributed by atoms with E-state index < -0.39 is 0 Å². The summed E-state index contributed by atoms with van der Waals surface area (Å²) in [7, 11) is 0. The van der Waals surface area contributed by atoms with Crippen LogP contribution in [-0.4, -0.2) is 25.0 Å². The molecular weight excluding hydrogens is 307 g/mol. The first-order chi connectivity index (χ1) is 8.35. The maximum absolute atomic E-state index is 9.00. The Balaban J connectivity index is 0.000000902. The zero-order chi connectivity index (χ0) is 11.7. The minimum absolute atomic E-state index is 0. The Bertz CT molecular complexity index is 641. The molecule has 8 heteroatoms. The molecular formula is C11H12Cl2N4OS. The van der Waals surface area contributed by atoms with Crippen LogP contribution in [0.4, 0.5) is 0 Å². The van der Waals surface area contributed by atoms with Gasteiger partial charge in [0.1, 0.15) is 12.4 Å². The van der Waals surface area contributed by atoms with E-state index in [0.717, 1.165) is 21.1 Å². The van der Waals surface area contributed by atoms with Gasteiger partial charge in [-0.3, -0.25) is 0 Å². The van der Waals surface area contributed by atoms with Gasteiger partial charge < -0.3 is 15.1 Å². The Kier molecular flexibility index (Phi) is 5.68. The topological polar surface area (TPSA) is 77.6 Å². The maximum atomic E-state index is 9.00. The summed E-state index contributed by atoms with van der Waals surface area (Å²) in [4.78, 5) is 15.6. The lowest BCUT2D eigenvalue weighted by Gasteiger charge is -1.97. The summed E-state index contributed by atoms with van der Waals surface area (Å²) in [5, 5.41) is 9.85. The fraction of sp³-hybridized carbons (Fsp3) is 0.0909. The third-order valence-electron chi connectivity index (χ3n) is 2.34. The lowest BCUT2D eigenvalue weighted by atomic mass is 10.3. The van der Waals surface area contributed by atoms with Crippen LogP contribution in [0, 0.1) is 0 Å². The normalized spacial score (nSPS) is 9.95. The standard InChI is InChI=1S/C11H10N4OS.2ClH/c16-6-10-14-8-2-1-7(5-9(8)15-10)17-11-12-3-4-13-11;;/h1-5,16H,6H2,(H,12,13)(H,14,15);2*1H. The van der Waals surface area contributed by atoms with Crippen molar-refractivity contribution in [3.63, 3.8) is 0 Å². The molecule has 1 aromatic carbocycles. The summed E-state index contributed by atoms with van der Waals surface area (Å²) in [5.74, 6) is 0.583. The zero-order valence-electron chi connectivity index (χ0n) is 9.66. The van der Waals surface area contributed by atoms with Gasteiger partial charge in [0.15, 0.2) is 5.16 Å². The smallest absolute Gasteiger partial charge is 0.170 e. The summed E-state index contributed by atoms with van der Waals surface area (Å²) in [6.07, 6.45) is 3.52. The Labute approximate surface area is 126 Å². The largest absolute Gasteiger partial charge is 0.388 e. The molecule has 3 rings (SSSR count). The molecule has 0 aliphatic rings. The molecule has 0 saturated carbocycles. The van der Waals surface area contributed by atoms with Gasteiger partial charge in [-0.2, -0.15) is 0 Å². The number of benzene rings is 1. The van der Waals surface area contributed by atoms with Gasteiger partial charge in [-0.1, -0.05) is 11.8 Å². The number of hydrogen-bond acceptors (Lipinski definition) is 4. The molecule has 0 aliphatic heterocycles. The van der Waals surface area contributed by atoms with Gasteiger partial charge in [-0.25, -0.2) is 9.97 Å². The minimum Gasteiger partial charge on any atom is -0.388 e. The first-order valence-corrected chi connectivity index (χ1v) is 5.93. The van der Waals surface area contributed by atoms with E-state index in [-0.39, 0.29) is 31.4 Å². The van der Waals surface area contributed by atoms with E-state index in [1.54, 1.807) is 24.2 Å². The molecule has 0 radical (unpaired) electrons. The molecule has 0 atom stereocenters. The Hall–Kier alpha value is -1.21. The minimum atomic E-state index is -0.0741. The van der Waals surface area contributed by atoms with Crippen molar-refractivity contribution in [3.8, 4) is 0 Å². The third kappa shape index (κ3) is 3.42. The Morgan fingerprint density at radius 3 is 2.79 bits per heavy atom. The predicted octanol–water partition coefficient (Wildman–Crippen LogP) is 2.77. The number of nitrogens with one attached hydrogen (secondary N) is 2. The first-order valence-electron chi connectivity index (χ1n) is 5.12. The summed E-state index contributed by atoms with van der Waals surface area (Å²) >= 11 is 1.55. The Morgan fingerprint density at radius 2 is 2.11 bits per heavy atom. The third-order valence-corrected chi connectivity index (χ3v) is 3.25. The molecule has 3 N–H and O–H groups in total. The molecule has 19 heavy (non-hydrogen) atoms. The van der Waals surface area contributed by atoms with E-state index in [1.807, 2.05) is 18.2 Å². The van der Waals surface area contributed by atoms with Crippen LogP contribution in [0.15, 0.2) is 40.6 Å². The summed E-state index contributed by atoms with van der Waals surface area (Å²) < 4.78 is 0. The van der Waals surface area contributed by atoms with Gasteiger partial charge in [0.05, 0.1) is 11.0 Å². The van der Waals surface area contributed by atoms with Crippen LogP contribution in [0.1, 0.15) is 5.82 Å². The van der Waals surface area contributed by atoms with E-state index in [2.05, 4.69) is 19.9 Å². The van der Waals surface area contributed by atoms with Gasteiger partial charge >= 0.3 is 0 Å². The number of fused-ring (bicyclic) bond motifs is 1.